The van der Waals surface area contributed by atoms with Gasteiger partial charge in [0.1, 0.15) is 0 Å². The van der Waals surface area contributed by atoms with Gasteiger partial charge in [-0.2, -0.15) is 6.05 Å². The van der Waals surface area contributed by atoms with Crippen molar-refractivity contribution >= 4 is 49.9 Å². The summed E-state index contributed by atoms with van der Waals surface area (Å²) in [6.07, 6.45) is 24.2. The largest absolute Gasteiger partial charge is 0.439 e. The van der Waals surface area contributed by atoms with Crippen molar-refractivity contribution in [3.63, 3.8) is 0 Å². The molecule has 1 atom stereocenters. The zero-order chi connectivity index (χ0) is 16.5. The molecule has 0 aromatic carbocycles. The van der Waals surface area contributed by atoms with Crippen LogP contribution >= 0.6 is 18.3 Å². The van der Waals surface area contributed by atoms with E-state index in [0.717, 1.165) is 0 Å². The van der Waals surface area contributed by atoms with Gasteiger partial charge in [-0.1, -0.05) is 0 Å². The molecule has 1 unspecified atom stereocenters. The van der Waals surface area contributed by atoms with Crippen LogP contribution in [0.3, 0.4) is 0 Å². The Bertz CT molecular complexity index is 291. The van der Waals surface area contributed by atoms with Gasteiger partial charge >= 0.3 is 128 Å². The van der Waals surface area contributed by atoms with E-state index in [-0.39, 0.29) is 0 Å². The fourth-order valence-electron chi connectivity index (χ4n) is 5.31. The molecule has 0 heterocycles. The number of rotatable bonds is 3. The van der Waals surface area contributed by atoms with Crippen LogP contribution in [0, 0.1) is 0 Å². The van der Waals surface area contributed by atoms with Crippen molar-refractivity contribution in [3.05, 3.63) is 0 Å². The summed E-state index contributed by atoms with van der Waals surface area (Å²) in [5, 5.41) is 0. The zero-order valence-electron chi connectivity index (χ0n) is 14.7. The van der Waals surface area contributed by atoms with E-state index < -0.39 is 25.8 Å². The Hall–Kier alpha value is 1.76. The van der Waals surface area contributed by atoms with Gasteiger partial charge in [0.2, 0.25) is 0 Å². The third kappa shape index (κ3) is 7.89. The second kappa shape index (κ2) is 12.2. The predicted molar refractivity (Wildman–Crippen MR) is 114 cm³/mol. The third-order valence-electron chi connectivity index (χ3n) is 6.23. The maximum absolute atomic E-state index is 4.85. The summed E-state index contributed by atoms with van der Waals surface area (Å²) in [5.41, 5.74) is 4.85. The van der Waals surface area contributed by atoms with Gasteiger partial charge in [-0.3, -0.25) is 11.8 Å². The van der Waals surface area contributed by atoms with E-state index in [9.17, 15) is 0 Å². The maximum Gasteiger partial charge on any atom is -0.199 e. The molecule has 23 heavy (non-hydrogen) atoms. The van der Waals surface area contributed by atoms with Crippen LogP contribution in [0.25, 0.3) is 0 Å². The van der Waals surface area contributed by atoms with Crippen molar-refractivity contribution < 1.29 is 0 Å². The summed E-state index contributed by atoms with van der Waals surface area (Å²) < 4.78 is 3.96. The Labute approximate surface area is 162 Å². The average molecular weight is 480 g/mol. The van der Waals surface area contributed by atoms with E-state index in [4.69, 9.17) is 5.50 Å². The Morgan fingerprint density at radius 3 is 1.09 bits per heavy atom. The van der Waals surface area contributed by atoms with Gasteiger partial charge < -0.3 is 17.8 Å². The van der Waals surface area contributed by atoms with Crippen LogP contribution in [0.1, 0.15) is 96.3 Å². The standard InChI is InChI=1S/3C6H11.H3NPS2.Sn/c3*1-2-4-6-5-3-1;1-2(3)4;/h3*1H,2-6H2;(H3,1,3,4);/q;;;-1;+1. The topological polar surface area (TPSA) is 26.0 Å². The molecule has 3 aliphatic carbocycles. The summed E-state index contributed by atoms with van der Waals surface area (Å²) in [6, 6.07) is -0.843. The van der Waals surface area contributed by atoms with Crippen LogP contribution in [0.2, 0.25) is 11.8 Å². The number of nitrogens with two attached hydrogens (primary N) is 1. The molecule has 1 nitrogen and oxygen atoms in total. The Balaban J connectivity index is 0.000000433. The van der Waals surface area contributed by atoms with E-state index in [2.05, 4.69) is 24.1 Å². The van der Waals surface area contributed by atoms with E-state index in [1.807, 2.05) is 0 Å². The van der Waals surface area contributed by atoms with Crippen LogP contribution in [-0.2, 0) is 11.8 Å². The first-order chi connectivity index (χ1) is 11.2. The van der Waals surface area contributed by atoms with Crippen molar-refractivity contribution in [3.8, 4) is 0 Å². The molecule has 3 fully saturated rings. The normalized spacial score (nSPS) is 26.2. The average Bonchev–Trinajstić information content (AvgIpc) is 2.58. The zero-order valence-corrected chi connectivity index (χ0v) is 20.2. The van der Waals surface area contributed by atoms with Crippen LogP contribution in [-0.4, -0.2) is 19.8 Å². The molecule has 3 aliphatic rings. The van der Waals surface area contributed by atoms with E-state index in [1.165, 1.54) is 11.8 Å². The van der Waals surface area contributed by atoms with E-state index >= 15 is 0 Å². The van der Waals surface area contributed by atoms with Gasteiger partial charge in [0, 0.05) is 0 Å². The molecule has 0 aromatic heterocycles. The SMILES string of the molecule is C1CC[CH]([Sn+]([CH]2CCCCC2)[CH]2CCCCC2)CC1.N[P-](=S)S. The molecule has 0 amide bonds. The monoisotopic (exact) mass is 481 g/mol. The molecule has 0 radical (unpaired) electrons. The fraction of sp³-hybridized carbons (Fsp3) is 1.00. The first-order valence-corrected chi connectivity index (χ1v) is 18.5. The Kier molecular flexibility index (Phi) is 11.2. The molecular formula is C18H36NPS2Sn. The predicted octanol–water partition coefficient (Wildman–Crippen LogP) is 7.13. The summed E-state index contributed by atoms with van der Waals surface area (Å²) in [5.74, 6) is 0. The molecule has 3 rings (SSSR count). The molecule has 5 heteroatoms. The molecule has 0 aromatic rings. The van der Waals surface area contributed by atoms with Crippen molar-refractivity contribution in [1.29, 1.82) is 0 Å². The fourth-order valence-corrected chi connectivity index (χ4v) is 20.2. The van der Waals surface area contributed by atoms with Gasteiger partial charge in [0.15, 0.2) is 0 Å². The molecule has 0 aliphatic heterocycles. The van der Waals surface area contributed by atoms with Gasteiger partial charge in [-0.15, -0.1) is 0 Å². The van der Waals surface area contributed by atoms with E-state index in [1.54, 1.807) is 96.3 Å². The summed E-state index contributed by atoms with van der Waals surface area (Å²) in [6.45, 7) is 0. The van der Waals surface area contributed by atoms with Crippen LogP contribution in [0.4, 0.5) is 0 Å². The van der Waals surface area contributed by atoms with Crippen LogP contribution < -0.4 is 5.50 Å². The maximum atomic E-state index is 4.85. The number of hydrogen-bond acceptors (Lipinski definition) is 1. The van der Waals surface area contributed by atoms with Crippen molar-refractivity contribution in [2.75, 3.05) is 0 Å². The summed E-state index contributed by atoms with van der Waals surface area (Å²) in [4.78, 5) is 0. The Morgan fingerprint density at radius 1 is 0.652 bits per heavy atom. The second-order valence-electron chi connectivity index (χ2n) is 7.81. The minimum Gasteiger partial charge on any atom is -0.439 e. The minimum atomic E-state index is -1.15. The molecule has 134 valence electrons. The molecular weight excluding hydrogens is 444 g/mol. The Morgan fingerprint density at radius 2 is 0.870 bits per heavy atom. The van der Waals surface area contributed by atoms with Gasteiger partial charge in [0.05, 0.1) is 0 Å². The quantitative estimate of drug-likeness (QED) is 0.255. The minimum absolute atomic E-state index is 0.843. The van der Waals surface area contributed by atoms with Gasteiger partial charge in [-0.25, -0.2) is 0 Å². The van der Waals surface area contributed by atoms with Crippen LogP contribution in [0.5, 0.6) is 0 Å². The van der Waals surface area contributed by atoms with Gasteiger partial charge in [-0.05, 0) is 0 Å². The molecule has 2 N–H and O–H groups in total. The molecule has 0 saturated heterocycles. The van der Waals surface area contributed by atoms with E-state index in [0.29, 0.717) is 0 Å². The van der Waals surface area contributed by atoms with Crippen LogP contribution in [0.15, 0.2) is 0 Å². The van der Waals surface area contributed by atoms with Crippen molar-refractivity contribution in [1.82, 2.24) is 0 Å². The molecule has 3 saturated carbocycles. The number of hydrogen-bond donors (Lipinski definition) is 2. The first-order valence-electron chi connectivity index (χ1n) is 9.96. The summed E-state index contributed by atoms with van der Waals surface area (Å²) >= 11 is 6.80. The smallest absolute Gasteiger partial charge is 0.199 e. The molecule has 0 bridgehead atoms. The second-order valence-corrected chi connectivity index (χ2v) is 21.5. The van der Waals surface area contributed by atoms with Gasteiger partial charge in [0.25, 0.3) is 0 Å². The van der Waals surface area contributed by atoms with Crippen molar-refractivity contribution in [2.45, 2.75) is 108 Å². The number of thiol groups is 1. The molecule has 0 spiro atoms. The third-order valence-corrected chi connectivity index (χ3v) is 19.2. The first kappa shape index (κ1) is 21.1. The summed E-state index contributed by atoms with van der Waals surface area (Å²) in [7, 11) is 0. The van der Waals surface area contributed by atoms with Crippen molar-refractivity contribution in [2.24, 2.45) is 5.50 Å².